The van der Waals surface area contributed by atoms with Crippen LogP contribution in [-0.2, 0) is 21.1 Å². The molecule has 0 bridgehead atoms. The molecular formula is C20H19NO5S. The highest BCUT2D eigenvalue weighted by molar-refractivity contribution is 7.90. The van der Waals surface area contributed by atoms with Crippen molar-refractivity contribution < 1.29 is 22.7 Å². The van der Waals surface area contributed by atoms with Gasteiger partial charge >= 0.3 is 0 Å². The molecule has 0 aliphatic carbocycles. The van der Waals surface area contributed by atoms with Crippen molar-refractivity contribution in [3.63, 3.8) is 0 Å². The first-order chi connectivity index (χ1) is 12.9. The van der Waals surface area contributed by atoms with Crippen LogP contribution in [0.4, 0.5) is 5.69 Å². The Kier molecular flexibility index (Phi) is 4.39. The lowest BCUT2D eigenvalue weighted by Crippen LogP contribution is -2.37. The van der Waals surface area contributed by atoms with E-state index in [1.54, 1.807) is 17.0 Å². The van der Waals surface area contributed by atoms with E-state index in [0.717, 1.165) is 29.6 Å². The van der Waals surface area contributed by atoms with Gasteiger partial charge in [-0.1, -0.05) is 6.07 Å². The van der Waals surface area contributed by atoms with Crippen molar-refractivity contribution in [2.75, 3.05) is 30.9 Å². The first-order valence-corrected chi connectivity index (χ1v) is 10.5. The third-order valence-electron chi connectivity index (χ3n) is 4.62. The molecule has 140 valence electrons. The predicted molar refractivity (Wildman–Crippen MR) is 102 cm³/mol. The van der Waals surface area contributed by atoms with Crippen LogP contribution in [-0.4, -0.2) is 40.3 Å². The Morgan fingerprint density at radius 1 is 1.07 bits per heavy atom. The predicted octanol–water partition coefficient (Wildman–Crippen LogP) is 2.46. The summed E-state index contributed by atoms with van der Waals surface area (Å²) < 4.78 is 34.7. The average molecular weight is 385 g/mol. The van der Waals surface area contributed by atoms with E-state index >= 15 is 0 Å². The number of benzene rings is 2. The number of fused-ring (bicyclic) bond motifs is 2. The van der Waals surface area contributed by atoms with Crippen LogP contribution in [0.5, 0.6) is 11.5 Å². The molecule has 7 heteroatoms. The third kappa shape index (κ3) is 3.55. The van der Waals surface area contributed by atoms with Crippen LogP contribution in [0.15, 0.2) is 47.4 Å². The highest BCUT2D eigenvalue weighted by Gasteiger charge is 2.24. The molecule has 0 N–H and O–H groups in total. The monoisotopic (exact) mass is 385 g/mol. The summed E-state index contributed by atoms with van der Waals surface area (Å²) in [6, 6.07) is 10.4. The van der Waals surface area contributed by atoms with Crippen molar-refractivity contribution in [1.82, 2.24) is 0 Å². The van der Waals surface area contributed by atoms with Crippen LogP contribution < -0.4 is 14.4 Å². The molecule has 0 saturated heterocycles. The van der Waals surface area contributed by atoms with Crippen LogP contribution in [0.3, 0.4) is 0 Å². The fourth-order valence-corrected chi connectivity index (χ4v) is 3.87. The van der Waals surface area contributed by atoms with Gasteiger partial charge in [0.2, 0.25) is 0 Å². The summed E-state index contributed by atoms with van der Waals surface area (Å²) in [5, 5.41) is 0. The van der Waals surface area contributed by atoms with Crippen LogP contribution >= 0.6 is 0 Å². The number of amides is 1. The summed E-state index contributed by atoms with van der Waals surface area (Å²) in [4.78, 5) is 14.4. The Labute approximate surface area is 157 Å². The molecule has 2 aromatic carbocycles. The highest BCUT2D eigenvalue weighted by atomic mass is 32.2. The Morgan fingerprint density at radius 2 is 1.85 bits per heavy atom. The maximum absolute atomic E-state index is 12.7. The lowest BCUT2D eigenvalue weighted by atomic mass is 10.1. The van der Waals surface area contributed by atoms with Gasteiger partial charge in [-0.05, 0) is 47.5 Å². The Bertz CT molecular complexity index is 1040. The number of carbonyl (C=O) groups excluding carboxylic acids is 1. The number of carbonyl (C=O) groups is 1. The van der Waals surface area contributed by atoms with Crippen molar-refractivity contribution in [3.8, 4) is 11.5 Å². The molecule has 2 aromatic rings. The second-order valence-corrected chi connectivity index (χ2v) is 8.55. The van der Waals surface area contributed by atoms with Gasteiger partial charge in [0.15, 0.2) is 9.84 Å². The van der Waals surface area contributed by atoms with Gasteiger partial charge in [-0.3, -0.25) is 4.79 Å². The minimum absolute atomic E-state index is 0.159. The van der Waals surface area contributed by atoms with E-state index in [9.17, 15) is 13.2 Å². The summed E-state index contributed by atoms with van der Waals surface area (Å²) in [5.74, 6) is 1.18. The van der Waals surface area contributed by atoms with Crippen molar-refractivity contribution in [1.29, 1.82) is 0 Å². The molecule has 0 radical (unpaired) electrons. The van der Waals surface area contributed by atoms with E-state index in [-0.39, 0.29) is 10.8 Å². The minimum Gasteiger partial charge on any atom is -0.493 e. The summed E-state index contributed by atoms with van der Waals surface area (Å²) in [6.07, 6.45) is 5.27. The Balaban J connectivity index is 1.60. The number of anilines is 1. The largest absolute Gasteiger partial charge is 0.493 e. The van der Waals surface area contributed by atoms with E-state index < -0.39 is 9.84 Å². The average Bonchev–Trinajstić information content (AvgIpc) is 3.12. The molecule has 1 amide bonds. The van der Waals surface area contributed by atoms with Gasteiger partial charge < -0.3 is 14.4 Å². The van der Waals surface area contributed by atoms with E-state index in [1.165, 1.54) is 18.2 Å². The molecule has 0 spiro atoms. The highest BCUT2D eigenvalue weighted by Crippen LogP contribution is 2.34. The number of hydrogen-bond donors (Lipinski definition) is 0. The molecule has 0 fully saturated rings. The van der Waals surface area contributed by atoms with Crippen molar-refractivity contribution in [3.05, 3.63) is 53.6 Å². The number of sulfone groups is 1. The SMILES string of the molecule is CS(=O)(=O)c1ccc2c(c1)N(C(=O)/C=C/c1ccc3c(c1)CCO3)CCO2. The molecule has 27 heavy (non-hydrogen) atoms. The maximum atomic E-state index is 12.7. The Hall–Kier alpha value is -2.80. The van der Waals surface area contributed by atoms with Crippen LogP contribution in [0, 0.1) is 0 Å². The molecule has 4 rings (SSSR count). The van der Waals surface area contributed by atoms with Crippen LogP contribution in [0.25, 0.3) is 6.08 Å². The smallest absolute Gasteiger partial charge is 0.251 e. The lowest BCUT2D eigenvalue weighted by molar-refractivity contribution is -0.114. The fraction of sp³-hybridized carbons (Fsp3) is 0.250. The molecule has 6 nitrogen and oxygen atoms in total. The van der Waals surface area contributed by atoms with Gasteiger partial charge in [-0.25, -0.2) is 8.42 Å². The van der Waals surface area contributed by atoms with Gasteiger partial charge in [-0.2, -0.15) is 0 Å². The van der Waals surface area contributed by atoms with Gasteiger partial charge in [0.25, 0.3) is 5.91 Å². The molecule has 0 unspecified atom stereocenters. The molecule has 0 aromatic heterocycles. The normalized spacial score (nSPS) is 15.8. The summed E-state index contributed by atoms with van der Waals surface area (Å²) >= 11 is 0. The van der Waals surface area contributed by atoms with Crippen molar-refractivity contribution >= 4 is 27.5 Å². The molecule has 2 aliphatic rings. The number of ether oxygens (including phenoxy) is 2. The maximum Gasteiger partial charge on any atom is 0.251 e. The van der Waals surface area contributed by atoms with Crippen molar-refractivity contribution in [2.45, 2.75) is 11.3 Å². The fourth-order valence-electron chi connectivity index (χ4n) is 3.22. The van der Waals surface area contributed by atoms with Gasteiger partial charge in [0.05, 0.1) is 23.7 Å². The molecular weight excluding hydrogens is 366 g/mol. The second-order valence-electron chi connectivity index (χ2n) is 6.54. The van der Waals surface area contributed by atoms with Crippen LogP contribution in [0.2, 0.25) is 0 Å². The number of hydrogen-bond acceptors (Lipinski definition) is 5. The molecule has 0 saturated carbocycles. The van der Waals surface area contributed by atoms with Crippen LogP contribution in [0.1, 0.15) is 11.1 Å². The Morgan fingerprint density at radius 3 is 2.67 bits per heavy atom. The zero-order valence-electron chi connectivity index (χ0n) is 14.8. The van der Waals surface area contributed by atoms with E-state index in [2.05, 4.69) is 0 Å². The summed E-state index contributed by atoms with van der Waals surface area (Å²) in [7, 11) is -3.37. The lowest BCUT2D eigenvalue weighted by Gasteiger charge is -2.29. The van der Waals surface area contributed by atoms with E-state index in [4.69, 9.17) is 9.47 Å². The summed E-state index contributed by atoms with van der Waals surface area (Å²) in [6.45, 7) is 1.41. The topological polar surface area (TPSA) is 72.9 Å². The van der Waals surface area contributed by atoms with Gasteiger partial charge in [-0.15, -0.1) is 0 Å². The summed E-state index contributed by atoms with van der Waals surface area (Å²) in [5.41, 5.74) is 2.53. The third-order valence-corrected chi connectivity index (χ3v) is 5.73. The zero-order valence-corrected chi connectivity index (χ0v) is 15.7. The number of nitrogens with zero attached hydrogens (tertiary/aromatic N) is 1. The van der Waals surface area contributed by atoms with Gasteiger partial charge in [0, 0.05) is 18.8 Å². The van der Waals surface area contributed by atoms with Gasteiger partial charge in [0.1, 0.15) is 18.1 Å². The molecule has 2 heterocycles. The quantitative estimate of drug-likeness (QED) is 0.759. The minimum atomic E-state index is -3.37. The first kappa shape index (κ1) is 17.6. The zero-order chi connectivity index (χ0) is 19.0. The number of rotatable bonds is 3. The van der Waals surface area contributed by atoms with E-state index in [1.807, 2.05) is 18.2 Å². The molecule has 0 atom stereocenters. The second kappa shape index (κ2) is 6.74. The standard InChI is InChI=1S/C20H19NO5S/c1-27(23,24)16-4-6-19-17(13-16)21(9-11-26-19)20(22)7-3-14-2-5-18-15(12-14)8-10-25-18/h2-7,12-13H,8-11H2,1H3/b7-3+. The van der Waals surface area contributed by atoms with E-state index in [0.29, 0.717) is 31.2 Å². The van der Waals surface area contributed by atoms with Crippen molar-refractivity contribution in [2.24, 2.45) is 0 Å². The first-order valence-electron chi connectivity index (χ1n) is 8.64. The molecule has 2 aliphatic heterocycles.